The summed E-state index contributed by atoms with van der Waals surface area (Å²) in [5, 5.41) is 0. The average molecular weight is 145 g/mol. The summed E-state index contributed by atoms with van der Waals surface area (Å²) in [5.41, 5.74) is 0. The molecule has 1 saturated heterocycles. The molecule has 0 aromatic carbocycles. The van der Waals surface area contributed by atoms with Crippen molar-refractivity contribution in [3.8, 4) is 0 Å². The molecule has 1 aliphatic heterocycles. The fourth-order valence-corrected chi connectivity index (χ4v) is 3.43. The van der Waals surface area contributed by atoms with Crippen molar-refractivity contribution < 1.29 is 0 Å². The van der Waals surface area contributed by atoms with Crippen LogP contribution >= 0.6 is 0 Å². The highest BCUT2D eigenvalue weighted by atomic mass is 28.2. The van der Waals surface area contributed by atoms with Gasteiger partial charge in [-0.2, -0.15) is 0 Å². The molecule has 0 amide bonds. The van der Waals surface area contributed by atoms with Gasteiger partial charge in [0.15, 0.2) is 9.84 Å². The zero-order valence-electron chi connectivity index (χ0n) is 6.63. The first-order chi connectivity index (χ1) is 4.13. The van der Waals surface area contributed by atoms with E-state index in [1.54, 1.807) is 0 Å². The predicted molar refractivity (Wildman–Crippen MR) is 41.5 cm³/mol. The summed E-state index contributed by atoms with van der Waals surface area (Å²) in [4.78, 5) is 2.23. The van der Waals surface area contributed by atoms with Crippen LogP contribution in [0.2, 0.25) is 0 Å². The van der Waals surface area contributed by atoms with Gasteiger partial charge in [0.2, 0.25) is 0 Å². The molecule has 1 fully saturated rings. The minimum atomic E-state index is -0.0115. The third kappa shape index (κ3) is 1.16. The van der Waals surface area contributed by atoms with Crippen molar-refractivity contribution in [1.82, 2.24) is 14.0 Å². The zero-order chi connectivity index (χ0) is 7.02. The molecule has 54 valence electrons. The standard InChI is InChI=1S/C5H15N3Si/c1-6(2)5-7(3)9-8(5)4/h5H,9H2,1-4H3. The maximum atomic E-state index is 2.43. The third-order valence-corrected chi connectivity index (χ3v) is 3.24. The quantitative estimate of drug-likeness (QED) is 0.425. The van der Waals surface area contributed by atoms with Crippen LogP contribution in [0.15, 0.2) is 0 Å². The highest BCUT2D eigenvalue weighted by Crippen LogP contribution is 2.11. The molecule has 0 atom stereocenters. The summed E-state index contributed by atoms with van der Waals surface area (Å²) >= 11 is 0. The minimum Gasteiger partial charge on any atom is -0.292 e. The molecule has 1 aliphatic rings. The van der Waals surface area contributed by atoms with Crippen molar-refractivity contribution in [1.29, 1.82) is 0 Å². The second-order valence-corrected chi connectivity index (χ2v) is 5.24. The molecule has 4 heteroatoms. The molecule has 3 nitrogen and oxygen atoms in total. The van der Waals surface area contributed by atoms with Crippen molar-refractivity contribution >= 4 is 9.84 Å². The van der Waals surface area contributed by atoms with Gasteiger partial charge in [-0.3, -0.25) is 14.0 Å². The fourth-order valence-electron chi connectivity index (χ4n) is 1.53. The molecule has 0 aliphatic carbocycles. The van der Waals surface area contributed by atoms with E-state index in [0.717, 1.165) is 0 Å². The van der Waals surface area contributed by atoms with Crippen LogP contribution in [0.25, 0.3) is 0 Å². The Morgan fingerprint density at radius 3 is 1.78 bits per heavy atom. The Labute approximate surface area is 59.2 Å². The molecule has 0 spiro atoms. The zero-order valence-corrected chi connectivity index (χ0v) is 8.04. The normalized spacial score (nSPS) is 33.7. The van der Waals surface area contributed by atoms with E-state index in [9.17, 15) is 0 Å². The summed E-state index contributed by atoms with van der Waals surface area (Å²) in [6.07, 6.45) is 0.580. The van der Waals surface area contributed by atoms with Gasteiger partial charge < -0.3 is 0 Å². The summed E-state index contributed by atoms with van der Waals surface area (Å²) in [6.45, 7) is 0. The highest BCUT2D eigenvalue weighted by Gasteiger charge is 2.31. The highest BCUT2D eigenvalue weighted by molar-refractivity contribution is 6.31. The maximum Gasteiger partial charge on any atom is 0.177 e. The van der Waals surface area contributed by atoms with Crippen LogP contribution < -0.4 is 0 Å². The van der Waals surface area contributed by atoms with Crippen molar-refractivity contribution in [3.63, 3.8) is 0 Å². The topological polar surface area (TPSA) is 9.72 Å². The van der Waals surface area contributed by atoms with E-state index >= 15 is 0 Å². The monoisotopic (exact) mass is 145 g/mol. The van der Waals surface area contributed by atoms with Gasteiger partial charge in [0.1, 0.15) is 6.29 Å². The number of hydrogen-bond acceptors (Lipinski definition) is 3. The lowest BCUT2D eigenvalue weighted by Gasteiger charge is -2.50. The second-order valence-electron chi connectivity index (χ2n) is 2.97. The van der Waals surface area contributed by atoms with Crippen LogP contribution in [0.4, 0.5) is 0 Å². The van der Waals surface area contributed by atoms with E-state index in [4.69, 9.17) is 0 Å². The average Bonchev–Trinajstić information content (AvgIpc) is 1.62. The lowest BCUT2D eigenvalue weighted by Crippen LogP contribution is -2.68. The number of hydrogen-bond donors (Lipinski definition) is 0. The maximum absolute atomic E-state index is 2.43. The van der Waals surface area contributed by atoms with Crippen LogP contribution in [0.5, 0.6) is 0 Å². The Hall–Kier alpha value is 0.0969. The molecule has 1 heterocycles. The van der Waals surface area contributed by atoms with E-state index in [1.165, 1.54) is 0 Å². The van der Waals surface area contributed by atoms with Gasteiger partial charge in [-0.25, -0.2) is 0 Å². The van der Waals surface area contributed by atoms with Gasteiger partial charge in [-0.05, 0) is 28.2 Å². The smallest absolute Gasteiger partial charge is 0.177 e. The summed E-state index contributed by atoms with van der Waals surface area (Å²) in [5.74, 6) is 0. The molecule has 0 aromatic heterocycles. The number of rotatable bonds is 1. The van der Waals surface area contributed by atoms with Crippen LogP contribution in [0.1, 0.15) is 0 Å². The summed E-state index contributed by atoms with van der Waals surface area (Å²) in [7, 11) is 8.60. The molecule has 0 radical (unpaired) electrons. The SMILES string of the molecule is CN(C)C1N(C)[SiH2]N1C. The molecular weight excluding hydrogens is 130 g/mol. The van der Waals surface area contributed by atoms with E-state index in [0.29, 0.717) is 6.29 Å². The van der Waals surface area contributed by atoms with Crippen molar-refractivity contribution in [3.05, 3.63) is 0 Å². The predicted octanol–water partition coefficient (Wildman–Crippen LogP) is -1.29. The van der Waals surface area contributed by atoms with Gasteiger partial charge in [0.05, 0.1) is 0 Å². The molecule has 9 heavy (non-hydrogen) atoms. The van der Waals surface area contributed by atoms with Gasteiger partial charge in [0, 0.05) is 0 Å². The Bertz CT molecular complexity index is 91.6. The molecule has 0 N–H and O–H groups in total. The Morgan fingerprint density at radius 2 is 1.67 bits per heavy atom. The lowest BCUT2D eigenvalue weighted by atomic mass is 10.7. The van der Waals surface area contributed by atoms with E-state index < -0.39 is 0 Å². The van der Waals surface area contributed by atoms with Crippen LogP contribution in [0, 0.1) is 0 Å². The molecular formula is C5H15N3Si. The summed E-state index contributed by atoms with van der Waals surface area (Å²) in [6, 6.07) is 0. The van der Waals surface area contributed by atoms with Gasteiger partial charge >= 0.3 is 0 Å². The van der Waals surface area contributed by atoms with E-state index in [-0.39, 0.29) is 9.84 Å². The molecule has 0 saturated carbocycles. The number of nitrogens with zero attached hydrogens (tertiary/aromatic N) is 3. The van der Waals surface area contributed by atoms with Gasteiger partial charge in [-0.1, -0.05) is 0 Å². The largest absolute Gasteiger partial charge is 0.292 e. The third-order valence-electron chi connectivity index (χ3n) is 1.70. The Kier molecular flexibility index (Phi) is 1.90. The first kappa shape index (κ1) is 7.21. The lowest BCUT2D eigenvalue weighted by molar-refractivity contribution is 0.0163. The Morgan fingerprint density at radius 1 is 1.22 bits per heavy atom. The first-order valence-corrected chi connectivity index (χ1v) is 4.46. The van der Waals surface area contributed by atoms with Crippen LogP contribution in [0.3, 0.4) is 0 Å². The molecule has 0 bridgehead atoms. The van der Waals surface area contributed by atoms with Gasteiger partial charge in [-0.15, -0.1) is 0 Å². The molecule has 0 unspecified atom stereocenters. The molecule has 1 rings (SSSR count). The van der Waals surface area contributed by atoms with Crippen molar-refractivity contribution in [2.45, 2.75) is 6.29 Å². The first-order valence-electron chi connectivity index (χ1n) is 3.20. The minimum absolute atomic E-state index is 0.0115. The second kappa shape index (κ2) is 2.38. The van der Waals surface area contributed by atoms with E-state index in [2.05, 4.69) is 42.2 Å². The van der Waals surface area contributed by atoms with Crippen molar-refractivity contribution in [2.24, 2.45) is 0 Å². The van der Waals surface area contributed by atoms with E-state index in [1.807, 2.05) is 0 Å². The Balaban J connectivity index is 2.39. The van der Waals surface area contributed by atoms with Crippen LogP contribution in [-0.4, -0.2) is 58.4 Å². The van der Waals surface area contributed by atoms with Crippen molar-refractivity contribution in [2.75, 3.05) is 28.2 Å². The fraction of sp³-hybridized carbons (Fsp3) is 1.00. The van der Waals surface area contributed by atoms with Gasteiger partial charge in [0.25, 0.3) is 0 Å². The molecule has 0 aromatic rings. The summed E-state index contributed by atoms with van der Waals surface area (Å²) < 4.78 is 4.86. The van der Waals surface area contributed by atoms with Crippen LogP contribution in [-0.2, 0) is 0 Å².